The van der Waals surface area contributed by atoms with Gasteiger partial charge in [-0.05, 0) is 61.0 Å². The lowest BCUT2D eigenvalue weighted by Crippen LogP contribution is -2.23. The Morgan fingerprint density at radius 3 is 2.46 bits per heavy atom. The summed E-state index contributed by atoms with van der Waals surface area (Å²) >= 11 is 1.30. The number of rotatable bonds is 7. The number of hydrogen-bond donors (Lipinski definition) is 0. The second-order valence-corrected chi connectivity index (χ2v) is 9.38. The van der Waals surface area contributed by atoms with Crippen LogP contribution in [-0.2, 0) is 0 Å². The maximum Gasteiger partial charge on any atom is 0.291 e. The van der Waals surface area contributed by atoms with E-state index in [4.69, 9.17) is 9.84 Å². The van der Waals surface area contributed by atoms with Gasteiger partial charge in [-0.15, -0.1) is 5.10 Å². The normalized spacial score (nSPS) is 11.9. The molecule has 0 saturated heterocycles. The molecular weight excluding hydrogens is 484 g/mol. The highest BCUT2D eigenvalue weighted by Gasteiger charge is 2.15. The molecule has 0 radical (unpaired) electrons. The Morgan fingerprint density at radius 1 is 0.946 bits per heavy atom. The highest BCUT2D eigenvalue weighted by molar-refractivity contribution is 7.15. The Hall–Kier alpha value is -4.63. The van der Waals surface area contributed by atoms with Crippen molar-refractivity contribution in [1.29, 1.82) is 0 Å². The van der Waals surface area contributed by atoms with Crippen LogP contribution < -0.4 is 14.8 Å². The molecule has 0 saturated carbocycles. The molecule has 0 atom stereocenters. The van der Waals surface area contributed by atoms with E-state index in [1.807, 2.05) is 83.7 Å². The van der Waals surface area contributed by atoms with Gasteiger partial charge in [0.15, 0.2) is 5.82 Å². The Morgan fingerprint density at radius 2 is 1.73 bits per heavy atom. The fourth-order valence-electron chi connectivity index (χ4n) is 3.96. The largest absolute Gasteiger partial charge is 0.494 e. The quantitative estimate of drug-likeness (QED) is 0.319. The first-order valence-electron chi connectivity index (χ1n) is 11.9. The standard InChI is InChI=1S/C28H22N6O2S/c1-2-16-36-23-10-8-19(9-11-23)25-21(18-33(31-25)22-6-4-3-5-7-22)17-24-27(35)34-28(37-24)30-26(32-34)20-12-14-29-15-13-20/h3-15,17-18H,2,16H2,1H3/b24-17-. The molecule has 0 N–H and O–H groups in total. The lowest BCUT2D eigenvalue weighted by molar-refractivity contribution is 0.317. The summed E-state index contributed by atoms with van der Waals surface area (Å²) in [6.07, 6.45) is 8.10. The van der Waals surface area contributed by atoms with Gasteiger partial charge in [-0.2, -0.15) is 14.6 Å². The van der Waals surface area contributed by atoms with Crippen molar-refractivity contribution in [2.45, 2.75) is 13.3 Å². The molecule has 0 unspecified atom stereocenters. The number of nitrogens with zero attached hydrogens (tertiary/aromatic N) is 6. The van der Waals surface area contributed by atoms with E-state index < -0.39 is 0 Å². The highest BCUT2D eigenvalue weighted by atomic mass is 32.1. The molecule has 8 nitrogen and oxygen atoms in total. The molecule has 0 fully saturated rings. The molecule has 0 aliphatic heterocycles. The minimum absolute atomic E-state index is 0.213. The zero-order chi connectivity index (χ0) is 25.2. The lowest BCUT2D eigenvalue weighted by atomic mass is 10.1. The van der Waals surface area contributed by atoms with E-state index in [9.17, 15) is 4.79 Å². The van der Waals surface area contributed by atoms with Crippen LogP contribution in [0.4, 0.5) is 0 Å². The third-order valence-corrected chi connectivity index (χ3v) is 6.73. The van der Waals surface area contributed by atoms with Gasteiger partial charge in [-0.3, -0.25) is 9.78 Å². The molecule has 4 heterocycles. The summed E-state index contributed by atoms with van der Waals surface area (Å²) in [5, 5.41) is 9.30. The summed E-state index contributed by atoms with van der Waals surface area (Å²) in [7, 11) is 0. The van der Waals surface area contributed by atoms with Crippen LogP contribution in [0.1, 0.15) is 18.9 Å². The van der Waals surface area contributed by atoms with Crippen LogP contribution in [0, 0.1) is 0 Å². The van der Waals surface area contributed by atoms with E-state index in [1.54, 1.807) is 12.4 Å². The number of para-hydroxylation sites is 1. The first-order valence-corrected chi connectivity index (χ1v) is 12.7. The monoisotopic (exact) mass is 506 g/mol. The second kappa shape index (κ2) is 9.79. The molecule has 182 valence electrons. The van der Waals surface area contributed by atoms with Gasteiger partial charge < -0.3 is 4.74 Å². The summed E-state index contributed by atoms with van der Waals surface area (Å²) in [5.41, 5.74) is 4.04. The number of aromatic nitrogens is 6. The van der Waals surface area contributed by atoms with Gasteiger partial charge in [-0.25, -0.2) is 4.68 Å². The zero-order valence-electron chi connectivity index (χ0n) is 20.0. The number of thiazole rings is 1. The molecule has 4 aromatic heterocycles. The Balaban J connectivity index is 1.44. The van der Waals surface area contributed by atoms with Gasteiger partial charge in [0.25, 0.3) is 5.56 Å². The molecular formula is C28H22N6O2S. The van der Waals surface area contributed by atoms with Crippen LogP contribution in [0.2, 0.25) is 0 Å². The van der Waals surface area contributed by atoms with E-state index in [0.717, 1.165) is 40.2 Å². The number of ether oxygens (including phenoxy) is 1. The molecule has 6 aromatic rings. The highest BCUT2D eigenvalue weighted by Crippen LogP contribution is 2.26. The average molecular weight is 507 g/mol. The van der Waals surface area contributed by atoms with Crippen LogP contribution in [0.25, 0.3) is 39.4 Å². The van der Waals surface area contributed by atoms with Gasteiger partial charge >= 0.3 is 0 Å². The van der Waals surface area contributed by atoms with Crippen molar-refractivity contribution >= 4 is 22.4 Å². The molecule has 2 aromatic carbocycles. The molecule has 9 heteroatoms. The van der Waals surface area contributed by atoms with Crippen molar-refractivity contribution in [2.24, 2.45) is 0 Å². The van der Waals surface area contributed by atoms with E-state index in [1.165, 1.54) is 15.9 Å². The summed E-state index contributed by atoms with van der Waals surface area (Å²) < 4.78 is 9.45. The smallest absolute Gasteiger partial charge is 0.291 e. The first-order chi connectivity index (χ1) is 18.2. The fraction of sp³-hybridized carbons (Fsp3) is 0.107. The predicted molar refractivity (Wildman–Crippen MR) is 144 cm³/mol. The van der Waals surface area contributed by atoms with E-state index >= 15 is 0 Å². The fourth-order valence-corrected chi connectivity index (χ4v) is 4.86. The number of hydrogen-bond acceptors (Lipinski definition) is 7. The third kappa shape index (κ3) is 4.52. The lowest BCUT2D eigenvalue weighted by Gasteiger charge is -2.05. The SMILES string of the molecule is CCCOc1ccc(-c2nn(-c3ccccc3)cc2/C=c2\sc3nc(-c4ccncc4)nn3c2=O)cc1. The van der Waals surface area contributed by atoms with Crippen LogP contribution >= 0.6 is 11.3 Å². The molecule has 0 amide bonds. The third-order valence-electron chi connectivity index (χ3n) is 5.77. The second-order valence-electron chi connectivity index (χ2n) is 8.37. The van der Waals surface area contributed by atoms with Crippen molar-refractivity contribution in [2.75, 3.05) is 6.61 Å². The summed E-state index contributed by atoms with van der Waals surface area (Å²) in [6.45, 7) is 2.75. The van der Waals surface area contributed by atoms with Gasteiger partial charge in [0.1, 0.15) is 11.4 Å². The molecule has 0 bridgehead atoms. The van der Waals surface area contributed by atoms with Gasteiger partial charge in [0.05, 0.1) is 16.8 Å². The van der Waals surface area contributed by atoms with Crippen LogP contribution in [0.15, 0.2) is 90.1 Å². The number of fused-ring (bicyclic) bond motifs is 1. The molecule has 6 rings (SSSR count). The van der Waals surface area contributed by atoms with Crippen molar-refractivity contribution in [3.05, 3.63) is 106 Å². The average Bonchev–Trinajstić information content (AvgIpc) is 3.64. The summed E-state index contributed by atoms with van der Waals surface area (Å²) in [5.74, 6) is 1.32. The van der Waals surface area contributed by atoms with Crippen molar-refractivity contribution in [3.8, 4) is 34.1 Å². The number of benzene rings is 2. The van der Waals surface area contributed by atoms with E-state index in [2.05, 4.69) is 22.0 Å². The van der Waals surface area contributed by atoms with Gasteiger partial charge in [0, 0.05) is 35.3 Å². The maximum absolute atomic E-state index is 13.2. The number of pyridine rings is 1. The van der Waals surface area contributed by atoms with Gasteiger partial charge in [0.2, 0.25) is 4.96 Å². The van der Waals surface area contributed by atoms with Crippen LogP contribution in [0.3, 0.4) is 0 Å². The maximum atomic E-state index is 13.2. The molecule has 0 spiro atoms. The van der Waals surface area contributed by atoms with E-state index in [-0.39, 0.29) is 5.56 Å². The molecule has 37 heavy (non-hydrogen) atoms. The summed E-state index contributed by atoms with van der Waals surface area (Å²) in [4.78, 5) is 22.4. The van der Waals surface area contributed by atoms with Crippen molar-refractivity contribution in [3.63, 3.8) is 0 Å². The zero-order valence-corrected chi connectivity index (χ0v) is 20.8. The molecule has 0 aliphatic rings. The predicted octanol–water partition coefficient (Wildman–Crippen LogP) is 4.40. The Bertz CT molecular complexity index is 1770. The van der Waals surface area contributed by atoms with Gasteiger partial charge in [-0.1, -0.05) is 36.5 Å². The first kappa shape index (κ1) is 22.8. The minimum atomic E-state index is -0.213. The Kier molecular flexibility index (Phi) is 6.03. The Labute approximate surface area is 216 Å². The molecule has 0 aliphatic carbocycles. The minimum Gasteiger partial charge on any atom is -0.494 e. The van der Waals surface area contributed by atoms with Crippen LogP contribution in [-0.4, -0.2) is 36.0 Å². The van der Waals surface area contributed by atoms with Crippen molar-refractivity contribution in [1.82, 2.24) is 29.4 Å². The van der Waals surface area contributed by atoms with Crippen molar-refractivity contribution < 1.29 is 4.74 Å². The van der Waals surface area contributed by atoms with Crippen LogP contribution in [0.5, 0.6) is 5.75 Å². The summed E-state index contributed by atoms with van der Waals surface area (Å²) in [6, 6.07) is 21.4. The topological polar surface area (TPSA) is 87.2 Å². The van der Waals surface area contributed by atoms with E-state index in [0.29, 0.717) is 21.9 Å².